The largest absolute Gasteiger partial charge is 0.312 e. The molecule has 0 radical (unpaired) electrons. The Kier molecular flexibility index (Phi) is 12.0. The first-order chi connectivity index (χ1) is 40.2. The van der Waals surface area contributed by atoms with Crippen molar-refractivity contribution in [3.8, 4) is 67.0 Å². The zero-order valence-corrected chi connectivity index (χ0v) is 45.4. The van der Waals surface area contributed by atoms with Crippen LogP contribution in [0.4, 0.5) is 0 Å². The van der Waals surface area contributed by atoms with Gasteiger partial charge in [-0.2, -0.15) is 0 Å². The quantitative estimate of drug-likeness (QED) is 0.122. The van der Waals surface area contributed by atoms with E-state index in [9.17, 15) is 0 Å². The molecule has 0 bridgehead atoms. The minimum Gasteiger partial charge on any atom is -0.312 e. The standard InChI is InChI=1S/C78H54N2S/c1-7-26-55(27-8-1)61-48-62(56-28-9-2-10-29-56)51-66(50-61)81(64-36-15-5-16-37-64,65-38-17-6-18-39-65)67-53-71(57-30-11-3-12-31-57)78(72(54-67)58-32-13-4-14-33-58)80-76-45-24-21-42-70(76)73-52-60(46-47-77(73)80)59-34-25-35-63(49-59)79-74-43-22-19-40-68(74)69-41-20-23-44-75(69)79/h1-13,15-23,25-32,34-44,46-54H,24,45H2. The summed E-state index contributed by atoms with van der Waals surface area (Å²) in [5.41, 5.74) is 19.9. The van der Waals surface area contributed by atoms with Crippen LogP contribution in [0.25, 0.3) is 106 Å². The number of allylic oxidation sites excluding steroid dienone is 1. The van der Waals surface area contributed by atoms with Crippen molar-refractivity contribution in [2.45, 2.75) is 32.4 Å². The monoisotopic (exact) mass is 1050 g/mol. The van der Waals surface area contributed by atoms with E-state index in [-0.39, 0.29) is 0 Å². The van der Waals surface area contributed by atoms with Crippen LogP contribution in [0, 0.1) is 12.1 Å². The third kappa shape index (κ3) is 8.23. The Hall–Kier alpha value is -10.1. The molecule has 0 amide bonds. The predicted octanol–water partition coefficient (Wildman–Crippen LogP) is 21.0. The molecule has 0 atom stereocenters. The van der Waals surface area contributed by atoms with Crippen LogP contribution in [0.1, 0.15) is 17.7 Å². The average Bonchev–Trinajstić information content (AvgIpc) is 4.22. The normalized spacial score (nSPS) is 12.4. The fraction of sp³-hybridized carbons (Fsp3) is 0.0256. The third-order valence-electron chi connectivity index (χ3n) is 16.3. The lowest BCUT2D eigenvalue weighted by molar-refractivity contribution is 0.889. The number of fused-ring (bicyclic) bond motifs is 6. The molecule has 81 heavy (non-hydrogen) atoms. The van der Waals surface area contributed by atoms with Crippen molar-refractivity contribution in [2.24, 2.45) is 0 Å². The number of hydrogen-bond acceptors (Lipinski definition) is 0. The molecule has 1 aliphatic rings. The molecule has 1 aliphatic carbocycles. The Labute approximate surface area is 475 Å². The second-order valence-corrected chi connectivity index (χ2v) is 24.1. The van der Waals surface area contributed by atoms with Crippen molar-refractivity contribution in [2.75, 3.05) is 0 Å². The van der Waals surface area contributed by atoms with Crippen LogP contribution in [0.15, 0.2) is 317 Å². The van der Waals surface area contributed by atoms with Crippen molar-refractivity contribution < 1.29 is 0 Å². The van der Waals surface area contributed by atoms with Gasteiger partial charge >= 0.3 is 0 Å². The molecule has 0 N–H and O–H groups in total. The minimum atomic E-state index is -2.31. The van der Waals surface area contributed by atoms with Gasteiger partial charge in [0.05, 0.1) is 22.2 Å². The van der Waals surface area contributed by atoms with Crippen LogP contribution in [-0.4, -0.2) is 9.13 Å². The summed E-state index contributed by atoms with van der Waals surface area (Å²) >= 11 is 0. The predicted molar refractivity (Wildman–Crippen MR) is 340 cm³/mol. The highest BCUT2D eigenvalue weighted by Crippen LogP contribution is 2.75. The van der Waals surface area contributed by atoms with E-state index < -0.39 is 10.0 Å². The van der Waals surface area contributed by atoms with Gasteiger partial charge in [-0.15, -0.1) is 10.0 Å². The van der Waals surface area contributed by atoms with Gasteiger partial charge in [0.1, 0.15) is 0 Å². The van der Waals surface area contributed by atoms with Crippen molar-refractivity contribution in [1.82, 2.24) is 9.13 Å². The average molecular weight is 1050 g/mol. The van der Waals surface area contributed by atoms with Gasteiger partial charge in [-0.05, 0) is 155 Å². The van der Waals surface area contributed by atoms with Gasteiger partial charge in [-0.25, -0.2) is 0 Å². The van der Waals surface area contributed by atoms with Gasteiger partial charge in [-0.1, -0.05) is 212 Å². The molecule has 12 aromatic carbocycles. The second kappa shape index (κ2) is 20.3. The van der Waals surface area contributed by atoms with E-state index in [2.05, 4.69) is 319 Å². The summed E-state index contributed by atoms with van der Waals surface area (Å²) in [5.74, 6) is 0. The van der Waals surface area contributed by atoms with Gasteiger partial charge in [-0.3, -0.25) is 0 Å². The van der Waals surface area contributed by atoms with E-state index in [1.165, 1.54) is 96.9 Å². The molecule has 15 rings (SSSR count). The Morgan fingerprint density at radius 2 is 0.877 bits per heavy atom. The van der Waals surface area contributed by atoms with Crippen molar-refractivity contribution in [3.63, 3.8) is 0 Å². The molecule has 3 heteroatoms. The number of para-hydroxylation sites is 2. The van der Waals surface area contributed by atoms with Crippen molar-refractivity contribution in [3.05, 3.63) is 321 Å². The lowest BCUT2D eigenvalue weighted by Crippen LogP contribution is -2.10. The molecule has 0 spiro atoms. The van der Waals surface area contributed by atoms with Crippen molar-refractivity contribution >= 4 is 48.8 Å². The molecule has 0 aliphatic heterocycles. The summed E-state index contributed by atoms with van der Waals surface area (Å²) in [7, 11) is -2.31. The highest BCUT2D eigenvalue weighted by Gasteiger charge is 2.37. The Balaban J connectivity index is 1.01. The molecule has 382 valence electrons. The highest BCUT2D eigenvalue weighted by molar-refractivity contribution is 8.34. The van der Waals surface area contributed by atoms with E-state index >= 15 is 0 Å². The number of hydrogen-bond donors (Lipinski definition) is 0. The smallest absolute Gasteiger partial charge is 0.0623 e. The van der Waals surface area contributed by atoms with Gasteiger partial charge in [0, 0.05) is 69.4 Å². The maximum Gasteiger partial charge on any atom is 0.0623 e. The lowest BCUT2D eigenvalue weighted by atomic mass is 9.95. The van der Waals surface area contributed by atoms with Gasteiger partial charge < -0.3 is 9.13 Å². The van der Waals surface area contributed by atoms with E-state index in [0.29, 0.717) is 0 Å². The third-order valence-corrected chi connectivity index (χ3v) is 20.2. The molecule has 0 saturated heterocycles. The first-order valence-corrected chi connectivity index (χ1v) is 29.6. The number of nitrogens with zero attached hydrogens (tertiary/aromatic N) is 2. The Morgan fingerprint density at radius 3 is 1.49 bits per heavy atom. The summed E-state index contributed by atoms with van der Waals surface area (Å²) in [6.45, 7) is 0. The first kappa shape index (κ1) is 48.1. The van der Waals surface area contributed by atoms with Crippen LogP contribution in [0.5, 0.6) is 0 Å². The zero-order chi connectivity index (χ0) is 53.7. The first-order valence-electron chi connectivity index (χ1n) is 27.9. The van der Waals surface area contributed by atoms with Crippen molar-refractivity contribution in [1.29, 1.82) is 0 Å². The molecule has 0 saturated carbocycles. The highest BCUT2D eigenvalue weighted by atomic mass is 32.3. The van der Waals surface area contributed by atoms with Crippen LogP contribution >= 0.6 is 10.0 Å². The number of benzene rings is 11. The summed E-state index contributed by atoms with van der Waals surface area (Å²) in [6, 6.07) is 115. The van der Waals surface area contributed by atoms with Crippen LogP contribution in [0.2, 0.25) is 0 Å². The SMILES string of the molecule is c1cccc(-c2cc(S(c3ccccc3)(c3ccccc3)c3cc(-c4ccccc4)cc(-c4ccccc4)c3)cc(-c3ccccc3)c2-n2c3c(c4cc(-c5cccc(-n6c7ccccc7c7ccccc76)c5)ccc42)C=CCC3)c#1. The Bertz CT molecular complexity index is 4440. The van der Waals surface area contributed by atoms with E-state index in [0.717, 1.165) is 46.5 Å². The van der Waals surface area contributed by atoms with Gasteiger partial charge in [0.2, 0.25) is 0 Å². The summed E-state index contributed by atoms with van der Waals surface area (Å²) in [4.78, 5) is 5.00. The molecule has 2 heterocycles. The van der Waals surface area contributed by atoms with Gasteiger partial charge in [0.25, 0.3) is 0 Å². The van der Waals surface area contributed by atoms with Crippen LogP contribution in [0.3, 0.4) is 0 Å². The maximum atomic E-state index is 3.68. The molecule has 0 fully saturated rings. The number of aromatic nitrogens is 2. The van der Waals surface area contributed by atoms with E-state index in [1.807, 2.05) is 6.07 Å². The van der Waals surface area contributed by atoms with E-state index in [1.54, 1.807) is 0 Å². The molecular weight excluding hydrogens is 997 g/mol. The minimum absolute atomic E-state index is 0.900. The molecule has 14 aromatic rings. The van der Waals surface area contributed by atoms with Gasteiger partial charge in [0.15, 0.2) is 0 Å². The van der Waals surface area contributed by atoms with Crippen LogP contribution in [-0.2, 0) is 6.42 Å². The fourth-order valence-electron chi connectivity index (χ4n) is 12.7. The fourth-order valence-corrected chi connectivity index (χ4v) is 16.7. The maximum absolute atomic E-state index is 3.68. The Morgan fingerprint density at radius 1 is 0.346 bits per heavy atom. The zero-order valence-electron chi connectivity index (χ0n) is 44.6. The molecule has 2 nitrogen and oxygen atoms in total. The number of rotatable bonds is 11. The molecular formula is C78H54N2S. The van der Waals surface area contributed by atoms with E-state index in [4.69, 9.17) is 0 Å². The second-order valence-electron chi connectivity index (χ2n) is 20.9. The summed E-state index contributed by atoms with van der Waals surface area (Å²) in [6.07, 6.45) is 6.58. The lowest BCUT2D eigenvalue weighted by Gasteiger charge is -2.43. The van der Waals surface area contributed by atoms with Crippen LogP contribution < -0.4 is 0 Å². The summed E-state index contributed by atoms with van der Waals surface area (Å²) < 4.78 is 5.02. The summed E-state index contributed by atoms with van der Waals surface area (Å²) in [5, 5.41) is 3.75. The molecule has 2 aromatic heterocycles. The molecule has 0 unspecified atom stereocenters. The topological polar surface area (TPSA) is 9.86 Å².